The van der Waals surface area contributed by atoms with Crippen LogP contribution in [0, 0.1) is 0 Å². The highest BCUT2D eigenvalue weighted by Gasteiger charge is 2.14. The van der Waals surface area contributed by atoms with Gasteiger partial charge in [-0.25, -0.2) is 4.79 Å². The van der Waals surface area contributed by atoms with Crippen LogP contribution in [0.5, 0.6) is 5.75 Å². The summed E-state index contributed by atoms with van der Waals surface area (Å²) >= 11 is 0. The SMILES string of the molecule is COc1cccc(-c2ccccc2/C=C/C(=O)OC(C)(C)C)c1. The minimum absolute atomic E-state index is 0.349. The quantitative estimate of drug-likeness (QED) is 0.605. The molecule has 3 heteroatoms. The maximum absolute atomic E-state index is 11.9. The van der Waals surface area contributed by atoms with E-state index < -0.39 is 5.60 Å². The van der Waals surface area contributed by atoms with Gasteiger partial charge < -0.3 is 9.47 Å². The number of hydrogen-bond acceptors (Lipinski definition) is 3. The van der Waals surface area contributed by atoms with Crippen LogP contribution in [0.3, 0.4) is 0 Å². The van der Waals surface area contributed by atoms with Gasteiger partial charge in [-0.05, 0) is 55.7 Å². The average molecular weight is 310 g/mol. The summed E-state index contributed by atoms with van der Waals surface area (Å²) in [6.07, 6.45) is 3.24. The van der Waals surface area contributed by atoms with E-state index in [-0.39, 0.29) is 5.97 Å². The van der Waals surface area contributed by atoms with Crippen LogP contribution in [-0.4, -0.2) is 18.7 Å². The van der Waals surface area contributed by atoms with Gasteiger partial charge in [-0.3, -0.25) is 0 Å². The van der Waals surface area contributed by atoms with Gasteiger partial charge in [0, 0.05) is 6.08 Å². The van der Waals surface area contributed by atoms with E-state index in [4.69, 9.17) is 9.47 Å². The monoisotopic (exact) mass is 310 g/mol. The Morgan fingerprint density at radius 2 is 1.78 bits per heavy atom. The second kappa shape index (κ2) is 7.14. The zero-order valence-electron chi connectivity index (χ0n) is 14.0. The Hall–Kier alpha value is -2.55. The van der Waals surface area contributed by atoms with Gasteiger partial charge in [0.2, 0.25) is 0 Å². The zero-order chi connectivity index (χ0) is 16.9. The summed E-state index contributed by atoms with van der Waals surface area (Å²) < 4.78 is 10.6. The number of carbonyl (C=O) groups excluding carboxylic acids is 1. The van der Waals surface area contributed by atoms with Gasteiger partial charge >= 0.3 is 5.97 Å². The van der Waals surface area contributed by atoms with E-state index in [1.807, 2.05) is 69.3 Å². The third-order valence-electron chi connectivity index (χ3n) is 3.15. The Balaban J connectivity index is 2.29. The molecule has 0 amide bonds. The summed E-state index contributed by atoms with van der Waals surface area (Å²) in [6.45, 7) is 5.55. The van der Waals surface area contributed by atoms with Crippen molar-refractivity contribution in [2.75, 3.05) is 7.11 Å². The summed E-state index contributed by atoms with van der Waals surface area (Å²) in [5.74, 6) is 0.450. The van der Waals surface area contributed by atoms with E-state index in [9.17, 15) is 4.79 Å². The van der Waals surface area contributed by atoms with E-state index in [1.165, 1.54) is 6.08 Å². The molecule has 120 valence electrons. The van der Waals surface area contributed by atoms with Crippen molar-refractivity contribution in [1.82, 2.24) is 0 Å². The van der Waals surface area contributed by atoms with Gasteiger partial charge in [0.05, 0.1) is 7.11 Å². The number of benzene rings is 2. The Bertz CT molecular complexity index is 709. The summed E-state index contributed by atoms with van der Waals surface area (Å²) in [6, 6.07) is 15.7. The molecule has 0 aliphatic carbocycles. The van der Waals surface area contributed by atoms with Crippen molar-refractivity contribution in [1.29, 1.82) is 0 Å². The molecule has 0 aromatic heterocycles. The van der Waals surface area contributed by atoms with Gasteiger partial charge in [-0.15, -0.1) is 0 Å². The normalized spacial score (nSPS) is 11.5. The number of carbonyl (C=O) groups is 1. The topological polar surface area (TPSA) is 35.5 Å². The molecule has 0 saturated carbocycles. The van der Waals surface area contributed by atoms with Crippen LogP contribution in [0.25, 0.3) is 17.2 Å². The molecule has 0 atom stereocenters. The van der Waals surface area contributed by atoms with Gasteiger partial charge in [0.25, 0.3) is 0 Å². The lowest BCUT2D eigenvalue weighted by atomic mass is 9.99. The van der Waals surface area contributed by atoms with Crippen LogP contribution >= 0.6 is 0 Å². The largest absolute Gasteiger partial charge is 0.497 e. The van der Waals surface area contributed by atoms with Crippen LogP contribution in [-0.2, 0) is 9.53 Å². The second-order valence-electron chi connectivity index (χ2n) is 6.19. The number of methoxy groups -OCH3 is 1. The number of rotatable bonds is 4. The molecule has 0 radical (unpaired) electrons. The molecular formula is C20H22O3. The maximum atomic E-state index is 11.9. The van der Waals surface area contributed by atoms with Crippen molar-refractivity contribution in [2.24, 2.45) is 0 Å². The fourth-order valence-corrected chi connectivity index (χ4v) is 2.19. The molecule has 2 rings (SSSR count). The lowest BCUT2D eigenvalue weighted by Crippen LogP contribution is -2.22. The lowest BCUT2D eigenvalue weighted by Gasteiger charge is -2.18. The van der Waals surface area contributed by atoms with E-state index in [2.05, 4.69) is 0 Å². The molecule has 0 unspecified atom stereocenters. The van der Waals surface area contributed by atoms with Gasteiger partial charge in [-0.1, -0.05) is 36.4 Å². The number of ether oxygens (including phenoxy) is 2. The predicted octanol–water partition coefficient (Wildman–Crippen LogP) is 4.72. The van der Waals surface area contributed by atoms with Crippen molar-refractivity contribution in [3.8, 4) is 16.9 Å². The summed E-state index contributed by atoms with van der Waals surface area (Å²) in [7, 11) is 1.65. The molecule has 3 nitrogen and oxygen atoms in total. The van der Waals surface area contributed by atoms with Crippen molar-refractivity contribution in [3.05, 3.63) is 60.2 Å². The minimum Gasteiger partial charge on any atom is -0.497 e. The third-order valence-corrected chi connectivity index (χ3v) is 3.15. The summed E-state index contributed by atoms with van der Waals surface area (Å²) in [5.41, 5.74) is 2.53. The molecule has 2 aromatic rings. The molecular weight excluding hydrogens is 288 g/mol. The Morgan fingerprint density at radius 1 is 1.04 bits per heavy atom. The van der Waals surface area contributed by atoms with Crippen LogP contribution in [0.2, 0.25) is 0 Å². The molecule has 23 heavy (non-hydrogen) atoms. The molecule has 0 aliphatic heterocycles. The zero-order valence-corrected chi connectivity index (χ0v) is 14.0. The van der Waals surface area contributed by atoms with Crippen LogP contribution in [0.4, 0.5) is 0 Å². The standard InChI is InChI=1S/C20H22O3/c1-20(2,3)23-19(21)13-12-15-8-5-6-11-18(15)16-9-7-10-17(14-16)22-4/h5-14H,1-4H3/b13-12+. The Morgan fingerprint density at radius 3 is 2.48 bits per heavy atom. The lowest BCUT2D eigenvalue weighted by molar-refractivity contribution is -0.148. The van der Waals surface area contributed by atoms with Crippen molar-refractivity contribution in [3.63, 3.8) is 0 Å². The van der Waals surface area contributed by atoms with E-state index in [0.29, 0.717) is 0 Å². The molecule has 0 bridgehead atoms. The highest BCUT2D eigenvalue weighted by Crippen LogP contribution is 2.27. The first kappa shape index (κ1) is 16.8. The second-order valence-corrected chi connectivity index (χ2v) is 6.19. The summed E-state index contributed by atoms with van der Waals surface area (Å²) in [4.78, 5) is 11.9. The fraction of sp³-hybridized carbons (Fsp3) is 0.250. The summed E-state index contributed by atoms with van der Waals surface area (Å²) in [5, 5.41) is 0. The van der Waals surface area contributed by atoms with Crippen molar-refractivity contribution < 1.29 is 14.3 Å². The first-order valence-corrected chi connectivity index (χ1v) is 7.53. The maximum Gasteiger partial charge on any atom is 0.331 e. The molecule has 0 saturated heterocycles. The van der Waals surface area contributed by atoms with Gasteiger partial charge in [0.15, 0.2) is 0 Å². The van der Waals surface area contributed by atoms with Crippen molar-refractivity contribution >= 4 is 12.0 Å². The van der Waals surface area contributed by atoms with Crippen LogP contribution in [0.15, 0.2) is 54.6 Å². The Labute approximate surface area is 137 Å². The van der Waals surface area contributed by atoms with E-state index >= 15 is 0 Å². The molecule has 0 aliphatic rings. The molecule has 0 heterocycles. The fourth-order valence-electron chi connectivity index (χ4n) is 2.19. The number of hydrogen-bond donors (Lipinski definition) is 0. The molecule has 0 spiro atoms. The minimum atomic E-state index is -0.492. The highest BCUT2D eigenvalue weighted by atomic mass is 16.6. The highest BCUT2D eigenvalue weighted by molar-refractivity contribution is 5.89. The third kappa shape index (κ3) is 4.99. The van der Waals surface area contributed by atoms with E-state index in [1.54, 1.807) is 13.2 Å². The number of esters is 1. The van der Waals surface area contributed by atoms with E-state index in [0.717, 1.165) is 22.4 Å². The molecule has 0 N–H and O–H groups in total. The Kier molecular flexibility index (Phi) is 5.22. The van der Waals surface area contributed by atoms with Crippen LogP contribution < -0.4 is 4.74 Å². The van der Waals surface area contributed by atoms with Gasteiger partial charge in [-0.2, -0.15) is 0 Å². The predicted molar refractivity (Wildman–Crippen MR) is 93.3 cm³/mol. The molecule has 0 fully saturated rings. The first-order valence-electron chi connectivity index (χ1n) is 7.53. The average Bonchev–Trinajstić information content (AvgIpc) is 2.51. The van der Waals surface area contributed by atoms with Crippen LogP contribution in [0.1, 0.15) is 26.3 Å². The smallest absolute Gasteiger partial charge is 0.331 e. The van der Waals surface area contributed by atoms with Gasteiger partial charge in [0.1, 0.15) is 11.4 Å². The molecule has 2 aromatic carbocycles. The van der Waals surface area contributed by atoms with Crippen molar-refractivity contribution in [2.45, 2.75) is 26.4 Å². The first-order chi connectivity index (χ1) is 10.9.